The topological polar surface area (TPSA) is 12.0 Å². The summed E-state index contributed by atoms with van der Waals surface area (Å²) < 4.78 is 0. The quantitative estimate of drug-likeness (QED) is 0.387. The highest BCUT2D eigenvalue weighted by Crippen LogP contribution is 2.46. The van der Waals surface area contributed by atoms with E-state index in [-0.39, 0.29) is 16.2 Å². The zero-order chi connectivity index (χ0) is 22.7. The molecule has 0 spiro atoms. The molecule has 0 aromatic heterocycles. The predicted octanol–water partition coefficient (Wildman–Crippen LogP) is 8.42. The van der Waals surface area contributed by atoms with E-state index in [1.165, 1.54) is 22.4 Å². The minimum atomic E-state index is -0.634. The molecule has 1 unspecified atom stereocenters. The van der Waals surface area contributed by atoms with Gasteiger partial charge in [0.25, 0.3) is 0 Å². The molecule has 1 atom stereocenters. The molecule has 2 heteroatoms. The zero-order valence-electron chi connectivity index (χ0n) is 20.7. The van der Waals surface area contributed by atoms with Crippen LogP contribution >= 0.6 is 8.07 Å². The Morgan fingerprint density at radius 3 is 1.67 bits per heavy atom. The second-order valence-electron chi connectivity index (χ2n) is 11.2. The number of benzene rings is 2. The lowest BCUT2D eigenvalue weighted by molar-refractivity contribution is 0.551. The number of nitrogens with one attached hydrogen (secondary N) is 1. The molecule has 0 fully saturated rings. The normalized spacial score (nSPS) is 13.4. The van der Waals surface area contributed by atoms with E-state index in [9.17, 15) is 0 Å². The van der Waals surface area contributed by atoms with Crippen LogP contribution in [0.1, 0.15) is 91.5 Å². The Balaban J connectivity index is 2.63. The molecule has 0 aliphatic rings. The van der Waals surface area contributed by atoms with Gasteiger partial charge >= 0.3 is 0 Å². The van der Waals surface area contributed by atoms with Gasteiger partial charge in [0.15, 0.2) is 0 Å². The Bertz CT molecular complexity index is 875. The van der Waals surface area contributed by atoms with Gasteiger partial charge in [-0.05, 0) is 56.9 Å². The van der Waals surface area contributed by atoms with Crippen LogP contribution in [0.4, 0.5) is 5.69 Å². The van der Waals surface area contributed by atoms with Gasteiger partial charge < -0.3 is 5.09 Å². The van der Waals surface area contributed by atoms with Crippen LogP contribution in [0.3, 0.4) is 0 Å². The molecule has 162 valence electrons. The molecule has 0 radical (unpaired) electrons. The third-order valence-electron chi connectivity index (χ3n) is 5.29. The van der Waals surface area contributed by atoms with Gasteiger partial charge in [0.05, 0.1) is 8.07 Å². The first-order valence-electron chi connectivity index (χ1n) is 11.0. The molecule has 1 nitrogen and oxygen atoms in total. The monoisotopic (exact) mass is 421 g/mol. The van der Waals surface area contributed by atoms with Crippen molar-refractivity contribution >= 4 is 13.8 Å². The minimum absolute atomic E-state index is 0.0468. The van der Waals surface area contributed by atoms with E-state index in [0.717, 1.165) is 11.7 Å². The average Bonchev–Trinajstić information content (AvgIpc) is 2.63. The van der Waals surface area contributed by atoms with E-state index in [0.29, 0.717) is 0 Å². The fourth-order valence-corrected chi connectivity index (χ4v) is 4.50. The summed E-state index contributed by atoms with van der Waals surface area (Å²) in [5.74, 6) is 3.38. The van der Waals surface area contributed by atoms with E-state index in [1.54, 1.807) is 0 Å². The lowest BCUT2D eigenvalue weighted by Gasteiger charge is -2.34. The van der Waals surface area contributed by atoms with Crippen LogP contribution in [-0.2, 0) is 16.2 Å². The van der Waals surface area contributed by atoms with Crippen LogP contribution in [-0.4, -0.2) is 6.16 Å². The van der Waals surface area contributed by atoms with Gasteiger partial charge in [-0.1, -0.05) is 105 Å². The van der Waals surface area contributed by atoms with Crippen LogP contribution in [0.25, 0.3) is 0 Å². The highest BCUT2D eigenvalue weighted by molar-refractivity contribution is 7.64. The molecular weight excluding hydrogens is 381 g/mol. The third-order valence-corrected chi connectivity index (χ3v) is 6.80. The van der Waals surface area contributed by atoms with Crippen LogP contribution in [0.5, 0.6) is 0 Å². The first-order valence-corrected chi connectivity index (χ1v) is 12.6. The van der Waals surface area contributed by atoms with Crippen LogP contribution in [0.15, 0.2) is 42.5 Å². The van der Waals surface area contributed by atoms with Gasteiger partial charge in [-0.25, -0.2) is 0 Å². The van der Waals surface area contributed by atoms with Crippen molar-refractivity contribution in [1.82, 2.24) is 0 Å². The molecule has 0 saturated carbocycles. The minimum Gasteiger partial charge on any atom is -0.354 e. The SMILES string of the molecule is CCP(C#Cc1ccccc1)Nc1c(C(C)(C)C)cc(C(C)(C)C)cc1C(C)(C)C. The van der Waals surface area contributed by atoms with E-state index in [1.807, 2.05) is 18.2 Å². The molecule has 2 aromatic rings. The van der Waals surface area contributed by atoms with E-state index >= 15 is 0 Å². The van der Waals surface area contributed by atoms with Crippen molar-refractivity contribution in [1.29, 1.82) is 0 Å². The second-order valence-corrected chi connectivity index (χ2v) is 13.1. The fourth-order valence-electron chi connectivity index (χ4n) is 3.35. The first kappa shape index (κ1) is 24.5. The van der Waals surface area contributed by atoms with Crippen molar-refractivity contribution in [3.05, 3.63) is 64.7 Å². The molecule has 0 bridgehead atoms. The lowest BCUT2D eigenvalue weighted by Crippen LogP contribution is -2.23. The molecule has 0 saturated heterocycles. The summed E-state index contributed by atoms with van der Waals surface area (Å²) in [5, 5.41) is 3.92. The smallest absolute Gasteiger partial charge is 0.0681 e. The summed E-state index contributed by atoms with van der Waals surface area (Å²) >= 11 is 0. The van der Waals surface area contributed by atoms with Gasteiger partial charge in [-0.2, -0.15) is 0 Å². The van der Waals surface area contributed by atoms with Gasteiger partial charge in [0, 0.05) is 11.3 Å². The van der Waals surface area contributed by atoms with E-state index < -0.39 is 8.07 Å². The zero-order valence-corrected chi connectivity index (χ0v) is 21.6. The van der Waals surface area contributed by atoms with Crippen molar-refractivity contribution < 1.29 is 0 Å². The Kier molecular flexibility index (Phi) is 7.48. The summed E-state index contributed by atoms with van der Waals surface area (Å²) in [4.78, 5) is 0. The molecule has 2 aromatic carbocycles. The molecule has 0 aliphatic heterocycles. The first-order chi connectivity index (χ1) is 13.7. The summed E-state index contributed by atoms with van der Waals surface area (Å²) in [6, 6.07) is 15.1. The summed E-state index contributed by atoms with van der Waals surface area (Å²) in [7, 11) is -0.634. The van der Waals surface area contributed by atoms with Crippen molar-refractivity contribution in [2.45, 2.75) is 85.5 Å². The Hall–Kier alpha value is -1.77. The maximum atomic E-state index is 3.92. The molecule has 30 heavy (non-hydrogen) atoms. The summed E-state index contributed by atoms with van der Waals surface area (Å²) in [6.07, 6.45) is 1.02. The average molecular weight is 422 g/mol. The Morgan fingerprint density at radius 1 is 0.767 bits per heavy atom. The maximum Gasteiger partial charge on any atom is 0.0681 e. The molecule has 1 N–H and O–H groups in total. The number of rotatable bonds is 3. The number of hydrogen-bond acceptors (Lipinski definition) is 1. The molecule has 0 aliphatic carbocycles. The third kappa shape index (κ3) is 6.36. The molecular formula is C28H40NP. The van der Waals surface area contributed by atoms with Crippen LogP contribution in [0.2, 0.25) is 0 Å². The van der Waals surface area contributed by atoms with E-state index in [2.05, 4.69) is 110 Å². The second kappa shape index (κ2) is 9.16. The van der Waals surface area contributed by atoms with Crippen molar-refractivity contribution in [2.24, 2.45) is 0 Å². The maximum absolute atomic E-state index is 3.92. The Morgan fingerprint density at radius 2 is 1.27 bits per heavy atom. The number of anilines is 1. The standard InChI is InChI=1S/C28H40NP/c1-11-30(18-17-21-15-13-12-14-16-21)29-25-23(27(5,6)7)19-22(26(2,3)4)20-24(25)28(8,9)10/h12-16,19-20,29H,11H2,1-10H3. The summed E-state index contributed by atoms with van der Waals surface area (Å²) in [6.45, 7) is 23.0. The number of hydrogen-bond donors (Lipinski definition) is 1. The van der Waals surface area contributed by atoms with Crippen molar-refractivity contribution in [3.63, 3.8) is 0 Å². The van der Waals surface area contributed by atoms with Gasteiger partial charge in [0.2, 0.25) is 0 Å². The Labute approximate surface area is 186 Å². The van der Waals surface area contributed by atoms with Gasteiger partial charge in [0.1, 0.15) is 0 Å². The highest BCUT2D eigenvalue weighted by Gasteiger charge is 2.29. The van der Waals surface area contributed by atoms with Crippen molar-refractivity contribution in [2.75, 3.05) is 11.2 Å². The van der Waals surface area contributed by atoms with Crippen LogP contribution < -0.4 is 5.09 Å². The fraction of sp³-hybridized carbons (Fsp3) is 0.500. The predicted molar refractivity (Wildman–Crippen MR) is 137 cm³/mol. The lowest BCUT2D eigenvalue weighted by atomic mass is 9.74. The summed E-state index contributed by atoms with van der Waals surface area (Å²) in [5.41, 5.74) is 10.3. The van der Waals surface area contributed by atoms with Crippen molar-refractivity contribution in [3.8, 4) is 11.6 Å². The van der Waals surface area contributed by atoms with Gasteiger partial charge in [-0.3, -0.25) is 0 Å². The van der Waals surface area contributed by atoms with Gasteiger partial charge in [-0.15, -0.1) is 0 Å². The molecule has 0 heterocycles. The highest BCUT2D eigenvalue weighted by atomic mass is 31.1. The van der Waals surface area contributed by atoms with Crippen LogP contribution in [0, 0.1) is 11.6 Å². The van der Waals surface area contributed by atoms with E-state index in [4.69, 9.17) is 0 Å². The molecule has 2 rings (SSSR count). The molecule has 0 amide bonds. The largest absolute Gasteiger partial charge is 0.354 e.